The average Bonchev–Trinajstić information content (AvgIpc) is 2.53. The summed E-state index contributed by atoms with van der Waals surface area (Å²) in [5.74, 6) is 0.788. The molecule has 0 bridgehead atoms. The molecule has 0 saturated heterocycles. The Hall–Kier alpha value is -1.84. The Bertz CT molecular complexity index is 525. The first-order valence-electron chi connectivity index (χ1n) is 7.31. The Morgan fingerprint density at radius 1 is 1.05 bits per heavy atom. The third-order valence-electron chi connectivity index (χ3n) is 3.42. The molecule has 2 rings (SSSR count). The van der Waals surface area contributed by atoms with Gasteiger partial charge in [-0.05, 0) is 31.5 Å². The molecule has 3 nitrogen and oxygen atoms in total. The quantitative estimate of drug-likeness (QED) is 0.821. The zero-order valence-electron chi connectivity index (χ0n) is 12.6. The lowest BCUT2D eigenvalue weighted by Crippen LogP contribution is -2.33. The minimum absolute atomic E-state index is 0.209. The molecule has 0 spiro atoms. The van der Waals surface area contributed by atoms with Crippen molar-refractivity contribution >= 4 is 0 Å². The SMILES string of the molecule is Cc1ccc(OCC(O)CN[C@H](C)c2ccccc2)cc1. The van der Waals surface area contributed by atoms with Crippen molar-refractivity contribution in [3.63, 3.8) is 0 Å². The van der Waals surface area contributed by atoms with Gasteiger partial charge in [0.05, 0.1) is 0 Å². The van der Waals surface area contributed by atoms with Crippen molar-refractivity contribution in [3.8, 4) is 5.75 Å². The summed E-state index contributed by atoms with van der Waals surface area (Å²) in [4.78, 5) is 0. The van der Waals surface area contributed by atoms with Gasteiger partial charge >= 0.3 is 0 Å². The summed E-state index contributed by atoms with van der Waals surface area (Å²) in [6.45, 7) is 4.91. The lowest BCUT2D eigenvalue weighted by molar-refractivity contribution is 0.104. The number of aliphatic hydroxyl groups excluding tert-OH is 1. The fraction of sp³-hybridized carbons (Fsp3) is 0.333. The zero-order chi connectivity index (χ0) is 15.1. The third-order valence-corrected chi connectivity index (χ3v) is 3.42. The molecule has 2 aromatic carbocycles. The molecule has 0 aliphatic carbocycles. The average molecular weight is 285 g/mol. The summed E-state index contributed by atoms with van der Waals surface area (Å²) in [6.07, 6.45) is -0.530. The summed E-state index contributed by atoms with van der Waals surface area (Å²) >= 11 is 0. The number of hydrogen-bond donors (Lipinski definition) is 2. The van der Waals surface area contributed by atoms with Crippen molar-refractivity contribution < 1.29 is 9.84 Å². The van der Waals surface area contributed by atoms with Crippen LogP contribution in [0.2, 0.25) is 0 Å². The first-order chi connectivity index (χ1) is 10.1. The van der Waals surface area contributed by atoms with Crippen LogP contribution in [0.1, 0.15) is 24.1 Å². The highest BCUT2D eigenvalue weighted by molar-refractivity contribution is 5.26. The van der Waals surface area contributed by atoms with E-state index >= 15 is 0 Å². The van der Waals surface area contributed by atoms with E-state index in [1.807, 2.05) is 49.4 Å². The fourth-order valence-corrected chi connectivity index (χ4v) is 2.06. The minimum atomic E-state index is -0.530. The Kier molecular flexibility index (Phi) is 5.78. The number of nitrogens with one attached hydrogen (secondary N) is 1. The molecule has 0 amide bonds. The van der Waals surface area contributed by atoms with Crippen molar-refractivity contribution in [1.82, 2.24) is 5.32 Å². The van der Waals surface area contributed by atoms with Crippen LogP contribution in [0.5, 0.6) is 5.75 Å². The van der Waals surface area contributed by atoms with Crippen LogP contribution in [0.15, 0.2) is 54.6 Å². The number of aryl methyl sites for hydroxylation is 1. The van der Waals surface area contributed by atoms with Gasteiger partial charge in [0.2, 0.25) is 0 Å². The van der Waals surface area contributed by atoms with E-state index in [4.69, 9.17) is 4.74 Å². The number of aliphatic hydroxyl groups is 1. The highest BCUT2D eigenvalue weighted by Crippen LogP contribution is 2.12. The zero-order valence-corrected chi connectivity index (χ0v) is 12.6. The van der Waals surface area contributed by atoms with Crippen molar-refractivity contribution in [3.05, 3.63) is 65.7 Å². The largest absolute Gasteiger partial charge is 0.491 e. The van der Waals surface area contributed by atoms with Crippen molar-refractivity contribution in [2.45, 2.75) is 26.0 Å². The van der Waals surface area contributed by atoms with Crippen LogP contribution in [0.3, 0.4) is 0 Å². The second-order valence-electron chi connectivity index (χ2n) is 5.32. The van der Waals surface area contributed by atoms with Crippen molar-refractivity contribution in [1.29, 1.82) is 0 Å². The fourth-order valence-electron chi connectivity index (χ4n) is 2.06. The van der Waals surface area contributed by atoms with Gasteiger partial charge in [0.1, 0.15) is 18.5 Å². The van der Waals surface area contributed by atoms with E-state index in [1.54, 1.807) is 0 Å². The standard InChI is InChI=1S/C18H23NO2/c1-14-8-10-18(11-9-14)21-13-17(20)12-19-15(2)16-6-4-3-5-7-16/h3-11,15,17,19-20H,12-13H2,1-2H3/t15-,17?/m1/s1. The minimum Gasteiger partial charge on any atom is -0.491 e. The first-order valence-corrected chi connectivity index (χ1v) is 7.31. The number of benzene rings is 2. The topological polar surface area (TPSA) is 41.5 Å². The highest BCUT2D eigenvalue weighted by atomic mass is 16.5. The molecule has 2 atom stereocenters. The van der Waals surface area contributed by atoms with Crippen LogP contribution in [0.4, 0.5) is 0 Å². The smallest absolute Gasteiger partial charge is 0.119 e. The Morgan fingerprint density at radius 2 is 1.71 bits per heavy atom. The summed E-state index contributed by atoms with van der Waals surface area (Å²) in [5.41, 5.74) is 2.41. The maximum atomic E-state index is 9.97. The summed E-state index contributed by atoms with van der Waals surface area (Å²) in [7, 11) is 0. The molecule has 0 saturated carbocycles. The Labute approximate surface area is 126 Å². The van der Waals surface area contributed by atoms with Gasteiger partial charge in [-0.2, -0.15) is 0 Å². The van der Waals surface area contributed by atoms with Crippen LogP contribution in [0, 0.1) is 6.92 Å². The van der Waals surface area contributed by atoms with E-state index in [1.165, 1.54) is 11.1 Å². The van der Waals surface area contributed by atoms with Gasteiger partial charge in [-0.25, -0.2) is 0 Å². The lowest BCUT2D eigenvalue weighted by atomic mass is 10.1. The van der Waals surface area contributed by atoms with E-state index in [-0.39, 0.29) is 12.6 Å². The summed E-state index contributed by atoms with van der Waals surface area (Å²) < 4.78 is 5.57. The maximum absolute atomic E-state index is 9.97. The van der Waals surface area contributed by atoms with Crippen LogP contribution in [-0.4, -0.2) is 24.4 Å². The second-order valence-corrected chi connectivity index (χ2v) is 5.32. The molecule has 0 aromatic heterocycles. The monoisotopic (exact) mass is 285 g/mol. The van der Waals surface area contributed by atoms with E-state index in [9.17, 15) is 5.11 Å². The van der Waals surface area contributed by atoms with Crippen LogP contribution >= 0.6 is 0 Å². The third kappa shape index (κ3) is 5.21. The molecule has 0 aliphatic heterocycles. The van der Waals surface area contributed by atoms with Gasteiger partial charge in [0.25, 0.3) is 0 Å². The molecule has 21 heavy (non-hydrogen) atoms. The predicted molar refractivity (Wildman–Crippen MR) is 85.5 cm³/mol. The van der Waals surface area contributed by atoms with Gasteiger partial charge < -0.3 is 15.2 Å². The second kappa shape index (κ2) is 7.81. The van der Waals surface area contributed by atoms with Crippen molar-refractivity contribution in [2.24, 2.45) is 0 Å². The first kappa shape index (κ1) is 15.5. The number of hydrogen-bond acceptors (Lipinski definition) is 3. The molecule has 0 aliphatic rings. The van der Waals surface area contributed by atoms with Gasteiger partial charge in [0.15, 0.2) is 0 Å². The Morgan fingerprint density at radius 3 is 2.38 bits per heavy atom. The van der Waals surface area contributed by atoms with Crippen LogP contribution in [-0.2, 0) is 0 Å². The molecular weight excluding hydrogens is 262 g/mol. The molecule has 0 fully saturated rings. The molecule has 2 aromatic rings. The lowest BCUT2D eigenvalue weighted by Gasteiger charge is -2.18. The molecule has 0 radical (unpaired) electrons. The van der Waals surface area contributed by atoms with E-state index in [0.29, 0.717) is 6.54 Å². The highest BCUT2D eigenvalue weighted by Gasteiger charge is 2.09. The summed E-state index contributed by atoms with van der Waals surface area (Å²) in [6, 6.07) is 18.2. The predicted octanol–water partition coefficient (Wildman–Crippen LogP) is 3.09. The molecule has 2 N–H and O–H groups in total. The van der Waals surface area contributed by atoms with Crippen LogP contribution in [0.25, 0.3) is 0 Å². The number of ether oxygens (including phenoxy) is 1. The normalized spacial score (nSPS) is 13.7. The van der Waals surface area contributed by atoms with E-state index < -0.39 is 6.10 Å². The number of rotatable bonds is 7. The van der Waals surface area contributed by atoms with Crippen LogP contribution < -0.4 is 10.1 Å². The molecule has 112 valence electrons. The molecular formula is C18H23NO2. The summed E-state index contributed by atoms with van der Waals surface area (Å²) in [5, 5.41) is 13.3. The van der Waals surface area contributed by atoms with Gasteiger partial charge in [0, 0.05) is 12.6 Å². The maximum Gasteiger partial charge on any atom is 0.119 e. The van der Waals surface area contributed by atoms with Gasteiger partial charge in [-0.15, -0.1) is 0 Å². The Balaban J connectivity index is 1.72. The molecule has 3 heteroatoms. The van der Waals surface area contributed by atoms with Gasteiger partial charge in [-0.1, -0.05) is 48.0 Å². The van der Waals surface area contributed by atoms with E-state index in [0.717, 1.165) is 5.75 Å². The molecule has 1 unspecified atom stereocenters. The van der Waals surface area contributed by atoms with Gasteiger partial charge in [-0.3, -0.25) is 0 Å². The van der Waals surface area contributed by atoms with E-state index in [2.05, 4.69) is 24.4 Å². The molecule has 0 heterocycles. The van der Waals surface area contributed by atoms with Crippen molar-refractivity contribution in [2.75, 3.05) is 13.2 Å².